The Kier molecular flexibility index (Phi) is 5.65. The topological polar surface area (TPSA) is 61.8 Å². The molecule has 1 aromatic rings. The van der Waals surface area contributed by atoms with E-state index in [1.165, 1.54) is 0 Å². The van der Waals surface area contributed by atoms with Crippen molar-refractivity contribution < 1.29 is 14.6 Å². The summed E-state index contributed by atoms with van der Waals surface area (Å²) in [7, 11) is 1.62. The molecule has 0 aromatic heterocycles. The molecule has 0 aliphatic carbocycles. The van der Waals surface area contributed by atoms with Crippen LogP contribution in [0.2, 0.25) is 0 Å². The number of amides is 1. The average molecular weight is 320 g/mol. The molecule has 5 nitrogen and oxygen atoms in total. The highest BCUT2D eigenvalue weighted by Crippen LogP contribution is 2.35. The van der Waals surface area contributed by atoms with Crippen molar-refractivity contribution in [2.75, 3.05) is 20.2 Å². The molecular weight excluding hydrogens is 292 g/mol. The van der Waals surface area contributed by atoms with Gasteiger partial charge >= 0.3 is 0 Å². The summed E-state index contributed by atoms with van der Waals surface area (Å²) in [6.07, 6.45) is 1.87. The Morgan fingerprint density at radius 2 is 2.09 bits per heavy atom. The Labute approximate surface area is 138 Å². The lowest BCUT2D eigenvalue weighted by molar-refractivity contribution is -0.124. The van der Waals surface area contributed by atoms with Gasteiger partial charge in [-0.1, -0.05) is 12.1 Å². The van der Waals surface area contributed by atoms with Crippen LogP contribution in [0.3, 0.4) is 0 Å². The Morgan fingerprint density at radius 3 is 2.65 bits per heavy atom. The van der Waals surface area contributed by atoms with E-state index in [9.17, 15) is 9.90 Å². The first-order chi connectivity index (χ1) is 10.8. The molecule has 1 saturated heterocycles. The highest BCUT2D eigenvalue weighted by Gasteiger charge is 2.41. The van der Waals surface area contributed by atoms with Gasteiger partial charge in [0, 0.05) is 12.1 Å². The Hall–Kier alpha value is -1.59. The Morgan fingerprint density at radius 1 is 1.43 bits per heavy atom. The van der Waals surface area contributed by atoms with E-state index >= 15 is 0 Å². The molecule has 1 aliphatic heterocycles. The number of nitrogens with zero attached hydrogens (tertiary/aromatic N) is 1. The van der Waals surface area contributed by atoms with E-state index in [0.717, 1.165) is 30.7 Å². The zero-order valence-electron chi connectivity index (χ0n) is 14.5. The van der Waals surface area contributed by atoms with E-state index < -0.39 is 5.60 Å². The lowest BCUT2D eigenvalue weighted by atomic mass is 9.86. The second-order valence-corrected chi connectivity index (χ2v) is 6.73. The van der Waals surface area contributed by atoms with E-state index in [0.29, 0.717) is 6.54 Å². The van der Waals surface area contributed by atoms with Crippen molar-refractivity contribution in [1.82, 2.24) is 10.2 Å². The summed E-state index contributed by atoms with van der Waals surface area (Å²) >= 11 is 0. The fraction of sp³-hybridized carbons (Fsp3) is 0.611. The van der Waals surface area contributed by atoms with Crippen LogP contribution in [-0.2, 0) is 10.4 Å². The van der Waals surface area contributed by atoms with Crippen molar-refractivity contribution in [1.29, 1.82) is 0 Å². The number of hydrogen-bond acceptors (Lipinski definition) is 4. The second-order valence-electron chi connectivity index (χ2n) is 6.73. The maximum atomic E-state index is 12.1. The number of carbonyl (C=O) groups excluding carboxylic acids is 1. The van der Waals surface area contributed by atoms with Crippen LogP contribution in [0.15, 0.2) is 24.3 Å². The van der Waals surface area contributed by atoms with Gasteiger partial charge in [-0.2, -0.15) is 0 Å². The van der Waals surface area contributed by atoms with Gasteiger partial charge in [-0.25, -0.2) is 0 Å². The molecule has 0 radical (unpaired) electrons. The van der Waals surface area contributed by atoms with Gasteiger partial charge in [0.15, 0.2) is 0 Å². The molecule has 0 bridgehead atoms. The number of rotatable bonds is 6. The molecular formula is C18H28N2O3. The van der Waals surface area contributed by atoms with Gasteiger partial charge in [-0.05, 0) is 57.9 Å². The molecule has 1 aromatic carbocycles. The third kappa shape index (κ3) is 4.24. The highest BCUT2D eigenvalue weighted by molar-refractivity contribution is 5.78. The number of nitrogens with one attached hydrogen (secondary N) is 1. The summed E-state index contributed by atoms with van der Waals surface area (Å²) in [5.41, 5.74) is -0.152. The van der Waals surface area contributed by atoms with Crippen molar-refractivity contribution in [3.05, 3.63) is 29.8 Å². The van der Waals surface area contributed by atoms with Crippen LogP contribution in [-0.4, -0.2) is 48.2 Å². The van der Waals surface area contributed by atoms with Crippen molar-refractivity contribution in [2.45, 2.75) is 51.3 Å². The number of likely N-dealkylation sites (tertiary alicyclic amines) is 1. The van der Waals surface area contributed by atoms with Gasteiger partial charge in [-0.3, -0.25) is 9.69 Å². The minimum absolute atomic E-state index is 0.0115. The molecule has 5 heteroatoms. The fourth-order valence-corrected chi connectivity index (χ4v) is 3.32. The molecule has 1 fully saturated rings. The standard InChI is InChI=1S/C18H28N2O3/c1-13(2)19-17(21)12-20-11-5-6-16(20)18(3,22)14-7-9-15(23-4)10-8-14/h7-10,13,16,22H,5-6,11-12H2,1-4H3,(H,19,21)/t16-,18-/m0/s1. The second kappa shape index (κ2) is 7.32. The number of hydrogen-bond donors (Lipinski definition) is 2. The summed E-state index contributed by atoms with van der Waals surface area (Å²) in [5.74, 6) is 0.779. The first kappa shape index (κ1) is 17.8. The number of aliphatic hydroxyl groups is 1. The monoisotopic (exact) mass is 320 g/mol. The van der Waals surface area contributed by atoms with Crippen molar-refractivity contribution in [3.8, 4) is 5.75 Å². The predicted octanol–water partition coefficient (Wildman–Crippen LogP) is 1.89. The van der Waals surface area contributed by atoms with Crippen LogP contribution >= 0.6 is 0 Å². The molecule has 23 heavy (non-hydrogen) atoms. The maximum absolute atomic E-state index is 12.1. The van der Waals surface area contributed by atoms with Crippen LogP contribution in [0.5, 0.6) is 5.75 Å². The molecule has 1 aliphatic rings. The fourth-order valence-electron chi connectivity index (χ4n) is 3.32. The molecule has 2 atom stereocenters. The SMILES string of the molecule is COc1ccc([C@](C)(O)[C@@H]2CCCN2CC(=O)NC(C)C)cc1. The summed E-state index contributed by atoms with van der Waals surface area (Å²) in [6.45, 7) is 6.90. The number of carbonyl (C=O) groups is 1. The molecule has 2 N–H and O–H groups in total. The summed E-state index contributed by atoms with van der Waals surface area (Å²) in [5, 5.41) is 14.0. The number of methoxy groups -OCH3 is 1. The minimum atomic E-state index is -0.999. The third-order valence-corrected chi connectivity index (χ3v) is 4.48. The van der Waals surface area contributed by atoms with Crippen molar-refractivity contribution in [2.24, 2.45) is 0 Å². The molecule has 2 rings (SSSR count). The van der Waals surface area contributed by atoms with Crippen molar-refractivity contribution in [3.63, 3.8) is 0 Å². The zero-order chi connectivity index (χ0) is 17.0. The molecule has 1 amide bonds. The number of benzene rings is 1. The van der Waals surface area contributed by atoms with Crippen LogP contribution in [0.25, 0.3) is 0 Å². The quantitative estimate of drug-likeness (QED) is 0.840. The van der Waals surface area contributed by atoms with Crippen molar-refractivity contribution >= 4 is 5.91 Å². The van der Waals surface area contributed by atoms with Gasteiger partial charge < -0.3 is 15.2 Å². The van der Waals surface area contributed by atoms with Gasteiger partial charge in [0.25, 0.3) is 0 Å². The molecule has 0 unspecified atom stereocenters. The largest absolute Gasteiger partial charge is 0.497 e. The normalized spacial score (nSPS) is 21.2. The Balaban J connectivity index is 2.11. The maximum Gasteiger partial charge on any atom is 0.234 e. The summed E-state index contributed by atoms with van der Waals surface area (Å²) in [6, 6.07) is 7.57. The van der Waals surface area contributed by atoms with E-state index in [-0.39, 0.29) is 18.0 Å². The van der Waals surface area contributed by atoms with E-state index in [1.807, 2.05) is 45.0 Å². The van der Waals surface area contributed by atoms with Crippen LogP contribution in [0.1, 0.15) is 39.2 Å². The predicted molar refractivity (Wildman–Crippen MR) is 90.4 cm³/mol. The summed E-state index contributed by atoms with van der Waals surface area (Å²) in [4.78, 5) is 14.1. The average Bonchev–Trinajstić information content (AvgIpc) is 2.95. The van der Waals surface area contributed by atoms with Crippen LogP contribution in [0, 0.1) is 0 Å². The van der Waals surface area contributed by atoms with E-state index in [1.54, 1.807) is 7.11 Å². The first-order valence-corrected chi connectivity index (χ1v) is 8.25. The van der Waals surface area contributed by atoms with Crippen LogP contribution < -0.4 is 10.1 Å². The lowest BCUT2D eigenvalue weighted by Crippen LogP contribution is -2.49. The van der Waals surface area contributed by atoms with Gasteiger partial charge in [0.05, 0.1) is 13.7 Å². The van der Waals surface area contributed by atoms with E-state index in [2.05, 4.69) is 10.2 Å². The zero-order valence-corrected chi connectivity index (χ0v) is 14.5. The van der Waals surface area contributed by atoms with Gasteiger partial charge in [0.1, 0.15) is 11.4 Å². The van der Waals surface area contributed by atoms with Gasteiger partial charge in [-0.15, -0.1) is 0 Å². The third-order valence-electron chi connectivity index (χ3n) is 4.48. The first-order valence-electron chi connectivity index (χ1n) is 8.25. The molecule has 0 saturated carbocycles. The Bertz CT molecular complexity index is 526. The molecule has 128 valence electrons. The van der Waals surface area contributed by atoms with Gasteiger partial charge in [0.2, 0.25) is 5.91 Å². The number of ether oxygens (including phenoxy) is 1. The van der Waals surface area contributed by atoms with E-state index in [4.69, 9.17) is 4.74 Å². The highest BCUT2D eigenvalue weighted by atomic mass is 16.5. The smallest absolute Gasteiger partial charge is 0.234 e. The lowest BCUT2D eigenvalue weighted by Gasteiger charge is -2.36. The summed E-state index contributed by atoms with van der Waals surface area (Å²) < 4.78 is 5.17. The minimum Gasteiger partial charge on any atom is -0.497 e. The molecule has 1 heterocycles. The van der Waals surface area contributed by atoms with Crippen LogP contribution in [0.4, 0.5) is 0 Å². The molecule has 0 spiro atoms.